The van der Waals surface area contributed by atoms with Crippen LogP contribution in [0.15, 0.2) is 24.4 Å². The minimum atomic E-state index is -0.208. The van der Waals surface area contributed by atoms with Crippen LogP contribution in [0.5, 0.6) is 0 Å². The predicted octanol–water partition coefficient (Wildman–Crippen LogP) is 0.601. The number of rotatable bonds is 2. The number of aromatic nitrogens is 1. The molecule has 98 valence electrons. The van der Waals surface area contributed by atoms with Crippen LogP contribution in [-0.4, -0.2) is 56.7 Å². The molecule has 1 aromatic heterocycles. The highest BCUT2D eigenvalue weighted by atomic mass is 32.2. The number of hydrogen-bond donors (Lipinski definition) is 0. The molecule has 3 amide bonds. The molecule has 0 bridgehead atoms. The van der Waals surface area contributed by atoms with E-state index in [2.05, 4.69) is 4.98 Å². The SMILES string of the molecule is O=C(c1ccccn1)N1CC(N2C(=O)CSC2=O)C1. The first-order valence-electron chi connectivity index (χ1n) is 5.86. The van der Waals surface area contributed by atoms with Gasteiger partial charge in [-0.05, 0) is 12.1 Å². The first kappa shape index (κ1) is 12.2. The Kier molecular flexibility index (Phi) is 2.98. The Labute approximate surface area is 113 Å². The minimum Gasteiger partial charge on any atom is -0.333 e. The van der Waals surface area contributed by atoms with Crippen LogP contribution in [0.25, 0.3) is 0 Å². The monoisotopic (exact) mass is 277 g/mol. The van der Waals surface area contributed by atoms with Gasteiger partial charge in [-0.2, -0.15) is 0 Å². The van der Waals surface area contributed by atoms with Gasteiger partial charge in [0.25, 0.3) is 11.1 Å². The lowest BCUT2D eigenvalue weighted by atomic mass is 10.1. The number of imide groups is 1. The Hall–Kier alpha value is -1.89. The fourth-order valence-corrected chi connectivity index (χ4v) is 2.93. The molecule has 2 saturated heterocycles. The van der Waals surface area contributed by atoms with Crippen molar-refractivity contribution < 1.29 is 14.4 Å². The Balaban J connectivity index is 1.63. The number of carbonyl (C=O) groups excluding carboxylic acids is 3. The van der Waals surface area contributed by atoms with Gasteiger partial charge in [0.1, 0.15) is 5.69 Å². The lowest BCUT2D eigenvalue weighted by Crippen LogP contribution is -2.62. The zero-order valence-corrected chi connectivity index (χ0v) is 10.8. The number of likely N-dealkylation sites (tertiary alicyclic amines) is 1. The standard InChI is InChI=1S/C12H11N3O3S/c16-10-7-19-12(18)15(10)8-5-14(6-8)11(17)9-3-1-2-4-13-9/h1-4,8H,5-7H2. The highest BCUT2D eigenvalue weighted by Gasteiger charge is 2.43. The van der Waals surface area contributed by atoms with Crippen molar-refractivity contribution in [3.8, 4) is 0 Å². The lowest BCUT2D eigenvalue weighted by molar-refractivity contribution is -0.128. The molecule has 7 heteroatoms. The van der Waals surface area contributed by atoms with E-state index in [1.54, 1.807) is 29.3 Å². The van der Waals surface area contributed by atoms with E-state index < -0.39 is 0 Å². The molecule has 2 aliphatic rings. The molecule has 0 saturated carbocycles. The van der Waals surface area contributed by atoms with Crippen molar-refractivity contribution in [3.05, 3.63) is 30.1 Å². The molecule has 0 radical (unpaired) electrons. The summed E-state index contributed by atoms with van der Waals surface area (Å²) in [5.41, 5.74) is 0.384. The maximum Gasteiger partial charge on any atom is 0.289 e. The molecule has 6 nitrogen and oxygen atoms in total. The molecule has 1 aromatic rings. The molecular weight excluding hydrogens is 266 g/mol. The molecule has 3 heterocycles. The normalized spacial score (nSPS) is 19.8. The van der Waals surface area contributed by atoms with Crippen molar-refractivity contribution in [2.45, 2.75) is 6.04 Å². The summed E-state index contributed by atoms with van der Waals surface area (Å²) in [4.78, 5) is 41.9. The number of nitrogens with zero attached hydrogens (tertiary/aromatic N) is 3. The van der Waals surface area contributed by atoms with Gasteiger partial charge in [0.15, 0.2) is 0 Å². The van der Waals surface area contributed by atoms with Crippen molar-refractivity contribution in [2.24, 2.45) is 0 Å². The van der Waals surface area contributed by atoms with Crippen LogP contribution < -0.4 is 0 Å². The summed E-state index contributed by atoms with van der Waals surface area (Å²) >= 11 is 1.02. The van der Waals surface area contributed by atoms with E-state index in [4.69, 9.17) is 0 Å². The second kappa shape index (κ2) is 4.65. The van der Waals surface area contributed by atoms with Crippen molar-refractivity contribution in [2.75, 3.05) is 18.8 Å². The molecule has 2 aliphatic heterocycles. The number of carbonyl (C=O) groups is 3. The molecule has 0 aliphatic carbocycles. The molecule has 0 atom stereocenters. The quantitative estimate of drug-likeness (QED) is 0.791. The smallest absolute Gasteiger partial charge is 0.289 e. The highest BCUT2D eigenvalue weighted by molar-refractivity contribution is 8.14. The summed E-state index contributed by atoms with van der Waals surface area (Å²) in [6, 6.07) is 4.97. The van der Waals surface area contributed by atoms with E-state index in [0.717, 1.165) is 11.8 Å². The molecule has 0 unspecified atom stereocenters. The molecular formula is C12H11N3O3S. The Morgan fingerprint density at radius 1 is 1.32 bits per heavy atom. The van der Waals surface area contributed by atoms with Gasteiger partial charge >= 0.3 is 0 Å². The summed E-state index contributed by atoms with van der Waals surface area (Å²) in [5.74, 6) is -0.114. The van der Waals surface area contributed by atoms with Crippen molar-refractivity contribution in [1.82, 2.24) is 14.8 Å². The van der Waals surface area contributed by atoms with Crippen molar-refractivity contribution in [3.63, 3.8) is 0 Å². The average Bonchev–Trinajstić information content (AvgIpc) is 2.70. The van der Waals surface area contributed by atoms with Gasteiger partial charge in [0.2, 0.25) is 5.91 Å². The number of hydrogen-bond acceptors (Lipinski definition) is 5. The summed E-state index contributed by atoms with van der Waals surface area (Å²) in [7, 11) is 0. The van der Waals surface area contributed by atoms with E-state index in [1.165, 1.54) is 4.90 Å². The van der Waals surface area contributed by atoms with Crippen LogP contribution in [-0.2, 0) is 4.79 Å². The Bertz CT molecular complexity index is 526. The maximum atomic E-state index is 12.0. The zero-order valence-electron chi connectivity index (χ0n) is 9.98. The van der Waals surface area contributed by atoms with Crippen LogP contribution in [0.3, 0.4) is 0 Å². The van der Waals surface area contributed by atoms with Crippen molar-refractivity contribution >= 4 is 28.8 Å². The third-order valence-electron chi connectivity index (χ3n) is 3.18. The summed E-state index contributed by atoms with van der Waals surface area (Å²) in [6.07, 6.45) is 1.56. The van der Waals surface area contributed by atoms with Gasteiger partial charge in [-0.25, -0.2) is 0 Å². The summed E-state index contributed by atoms with van der Waals surface area (Å²) in [6.45, 7) is 0.793. The number of amides is 3. The second-order valence-corrected chi connectivity index (χ2v) is 5.32. The van der Waals surface area contributed by atoms with Gasteiger partial charge in [0.05, 0.1) is 11.8 Å². The van der Waals surface area contributed by atoms with Crippen LogP contribution in [0.2, 0.25) is 0 Å². The van der Waals surface area contributed by atoms with E-state index in [0.29, 0.717) is 18.8 Å². The maximum absolute atomic E-state index is 12.0. The highest BCUT2D eigenvalue weighted by Crippen LogP contribution is 2.26. The third-order valence-corrected chi connectivity index (χ3v) is 4.02. The zero-order chi connectivity index (χ0) is 13.4. The van der Waals surface area contributed by atoms with Gasteiger partial charge in [-0.15, -0.1) is 0 Å². The van der Waals surface area contributed by atoms with Gasteiger partial charge in [-0.1, -0.05) is 17.8 Å². The van der Waals surface area contributed by atoms with Crippen LogP contribution in [0.1, 0.15) is 10.5 Å². The fourth-order valence-electron chi connectivity index (χ4n) is 2.15. The largest absolute Gasteiger partial charge is 0.333 e. The lowest BCUT2D eigenvalue weighted by Gasteiger charge is -2.42. The Morgan fingerprint density at radius 3 is 2.68 bits per heavy atom. The second-order valence-electron chi connectivity index (χ2n) is 4.40. The van der Waals surface area contributed by atoms with Crippen molar-refractivity contribution in [1.29, 1.82) is 0 Å². The van der Waals surface area contributed by atoms with E-state index >= 15 is 0 Å². The van der Waals surface area contributed by atoms with Crippen LogP contribution >= 0.6 is 11.8 Å². The number of thioether (sulfide) groups is 1. The van der Waals surface area contributed by atoms with E-state index in [1.807, 2.05) is 0 Å². The first-order chi connectivity index (χ1) is 9.16. The molecule has 3 rings (SSSR count). The first-order valence-corrected chi connectivity index (χ1v) is 6.84. The minimum absolute atomic E-state index is 0.162. The molecule has 19 heavy (non-hydrogen) atoms. The fraction of sp³-hybridized carbons (Fsp3) is 0.333. The Morgan fingerprint density at radius 2 is 2.11 bits per heavy atom. The molecule has 0 spiro atoms. The van der Waals surface area contributed by atoms with Gasteiger partial charge < -0.3 is 4.90 Å². The molecule has 0 N–H and O–H groups in total. The number of pyridine rings is 1. The van der Waals surface area contributed by atoms with Gasteiger partial charge in [0, 0.05) is 19.3 Å². The van der Waals surface area contributed by atoms with E-state index in [9.17, 15) is 14.4 Å². The topological polar surface area (TPSA) is 70.6 Å². The average molecular weight is 277 g/mol. The van der Waals surface area contributed by atoms with Gasteiger partial charge in [-0.3, -0.25) is 24.3 Å². The van der Waals surface area contributed by atoms with Crippen LogP contribution in [0.4, 0.5) is 4.79 Å². The molecule has 2 fully saturated rings. The summed E-state index contributed by atoms with van der Waals surface area (Å²) < 4.78 is 0. The van der Waals surface area contributed by atoms with E-state index in [-0.39, 0.29) is 28.8 Å². The summed E-state index contributed by atoms with van der Waals surface area (Å²) in [5, 5.41) is -0.208. The third kappa shape index (κ3) is 2.10. The van der Waals surface area contributed by atoms with Crippen LogP contribution in [0, 0.1) is 0 Å². The molecule has 0 aromatic carbocycles. The predicted molar refractivity (Wildman–Crippen MR) is 68.6 cm³/mol.